The highest BCUT2D eigenvalue weighted by Crippen LogP contribution is 2.38. The average molecular weight is 359 g/mol. The summed E-state index contributed by atoms with van der Waals surface area (Å²) in [5.41, 5.74) is 1.34. The molecule has 3 rings (SSSR count). The van der Waals surface area contributed by atoms with Crippen LogP contribution in [0.5, 0.6) is 5.75 Å². The van der Waals surface area contributed by atoms with Gasteiger partial charge in [-0.05, 0) is 23.3 Å². The Morgan fingerprint density at radius 2 is 1.92 bits per heavy atom. The summed E-state index contributed by atoms with van der Waals surface area (Å²) in [6.07, 6.45) is 0. The summed E-state index contributed by atoms with van der Waals surface area (Å²) in [5.74, 6) is 0.962. The molecule has 0 spiro atoms. The Bertz CT molecular complexity index is 796. The molecule has 24 heavy (non-hydrogen) atoms. The topological polar surface area (TPSA) is 46.6 Å². The van der Waals surface area contributed by atoms with Crippen molar-refractivity contribution in [3.05, 3.63) is 57.1 Å². The molecule has 1 aromatic heterocycles. The zero-order valence-corrected chi connectivity index (χ0v) is 15.1. The third kappa shape index (κ3) is 2.99. The van der Waals surface area contributed by atoms with Gasteiger partial charge in [0.05, 0.1) is 24.1 Å². The summed E-state index contributed by atoms with van der Waals surface area (Å²) in [5, 5.41) is 1.91. The Balaban J connectivity index is 1.95. The molecule has 0 N–H and O–H groups in total. The second-order valence-corrected chi connectivity index (χ2v) is 7.34. The third-order valence-corrected chi connectivity index (χ3v) is 5.55. The minimum atomic E-state index is -0.232. The second kappa shape index (κ2) is 7.23. The summed E-state index contributed by atoms with van der Waals surface area (Å²) >= 11 is 2.90. The molecule has 0 bridgehead atoms. The first-order valence-electron chi connectivity index (χ1n) is 7.56. The molecular weight excluding hydrogens is 342 g/mol. The Hall–Kier alpha value is -2.05. The van der Waals surface area contributed by atoms with Gasteiger partial charge in [0.25, 0.3) is 11.8 Å². The summed E-state index contributed by atoms with van der Waals surface area (Å²) < 4.78 is 5.33. The number of para-hydroxylation sites is 1. The highest BCUT2D eigenvalue weighted by atomic mass is 32.2. The molecule has 2 aromatic rings. The standard InChI is InChI=1S/C18H17NO3S2/c1-3-23-16-15(14-9-6-10-24-14)17(20)19(18(16)21)11-12-7-4-5-8-13(12)22-2/h4-10H,3,11H2,1-2H3. The van der Waals surface area contributed by atoms with Crippen molar-refractivity contribution in [1.29, 1.82) is 0 Å². The number of rotatable bonds is 6. The molecule has 4 nitrogen and oxygen atoms in total. The highest BCUT2D eigenvalue weighted by Gasteiger charge is 2.39. The molecule has 2 amide bonds. The first kappa shape index (κ1) is 16.8. The molecule has 0 saturated carbocycles. The fourth-order valence-corrected chi connectivity index (χ4v) is 4.31. The molecule has 0 unspecified atom stereocenters. The lowest BCUT2D eigenvalue weighted by Gasteiger charge is -2.17. The van der Waals surface area contributed by atoms with Crippen molar-refractivity contribution in [1.82, 2.24) is 4.90 Å². The van der Waals surface area contributed by atoms with E-state index in [4.69, 9.17) is 4.74 Å². The lowest BCUT2D eigenvalue weighted by molar-refractivity contribution is -0.137. The molecule has 1 aromatic carbocycles. The zero-order chi connectivity index (χ0) is 17.1. The molecule has 6 heteroatoms. The van der Waals surface area contributed by atoms with Crippen LogP contribution in [0.25, 0.3) is 5.57 Å². The van der Waals surface area contributed by atoms with Crippen LogP contribution in [0.1, 0.15) is 17.4 Å². The highest BCUT2D eigenvalue weighted by molar-refractivity contribution is 8.04. The number of carbonyl (C=O) groups excluding carboxylic acids is 2. The molecule has 0 fully saturated rings. The van der Waals surface area contributed by atoms with Crippen molar-refractivity contribution < 1.29 is 14.3 Å². The van der Waals surface area contributed by atoms with Gasteiger partial charge in [-0.15, -0.1) is 23.1 Å². The molecule has 0 saturated heterocycles. The zero-order valence-electron chi connectivity index (χ0n) is 13.4. The van der Waals surface area contributed by atoms with E-state index in [-0.39, 0.29) is 18.4 Å². The Morgan fingerprint density at radius 1 is 1.12 bits per heavy atom. The van der Waals surface area contributed by atoms with Crippen molar-refractivity contribution in [3.63, 3.8) is 0 Å². The van der Waals surface area contributed by atoms with E-state index in [1.807, 2.05) is 48.7 Å². The minimum Gasteiger partial charge on any atom is -0.496 e. The van der Waals surface area contributed by atoms with E-state index in [0.29, 0.717) is 16.2 Å². The van der Waals surface area contributed by atoms with E-state index in [1.165, 1.54) is 28.0 Å². The van der Waals surface area contributed by atoms with Gasteiger partial charge in [-0.1, -0.05) is 31.2 Å². The van der Waals surface area contributed by atoms with Gasteiger partial charge < -0.3 is 4.74 Å². The molecule has 0 aliphatic carbocycles. The van der Waals surface area contributed by atoms with E-state index in [1.54, 1.807) is 7.11 Å². The minimum absolute atomic E-state index is 0.213. The van der Waals surface area contributed by atoms with Crippen LogP contribution in [-0.4, -0.2) is 29.6 Å². The van der Waals surface area contributed by atoms with E-state index in [2.05, 4.69) is 0 Å². The molecule has 2 heterocycles. The summed E-state index contributed by atoms with van der Waals surface area (Å²) in [7, 11) is 1.58. The van der Waals surface area contributed by atoms with Crippen molar-refractivity contribution in [2.24, 2.45) is 0 Å². The number of thiophene rings is 1. The summed E-state index contributed by atoms with van der Waals surface area (Å²) in [6.45, 7) is 2.19. The van der Waals surface area contributed by atoms with Gasteiger partial charge in [0.2, 0.25) is 0 Å². The number of methoxy groups -OCH3 is 1. The van der Waals surface area contributed by atoms with Crippen molar-refractivity contribution in [2.75, 3.05) is 12.9 Å². The number of ether oxygens (including phenoxy) is 1. The van der Waals surface area contributed by atoms with Gasteiger partial charge >= 0.3 is 0 Å². The summed E-state index contributed by atoms with van der Waals surface area (Å²) in [6, 6.07) is 11.2. The predicted molar refractivity (Wildman–Crippen MR) is 97.9 cm³/mol. The largest absolute Gasteiger partial charge is 0.496 e. The Kier molecular flexibility index (Phi) is 5.06. The fraction of sp³-hybridized carbons (Fsp3) is 0.222. The normalized spacial score (nSPS) is 14.7. The van der Waals surface area contributed by atoms with Gasteiger partial charge in [0.15, 0.2) is 0 Å². The number of nitrogens with zero attached hydrogens (tertiary/aromatic N) is 1. The summed E-state index contributed by atoms with van der Waals surface area (Å²) in [4.78, 5) is 28.4. The van der Waals surface area contributed by atoms with Crippen molar-refractivity contribution >= 4 is 40.5 Å². The van der Waals surface area contributed by atoms with Crippen molar-refractivity contribution in [2.45, 2.75) is 13.5 Å². The quantitative estimate of drug-likeness (QED) is 0.736. The van der Waals surface area contributed by atoms with E-state index >= 15 is 0 Å². The molecule has 1 aliphatic rings. The number of thioether (sulfide) groups is 1. The number of hydrogen-bond donors (Lipinski definition) is 0. The molecular formula is C18H17NO3S2. The van der Waals surface area contributed by atoms with E-state index < -0.39 is 0 Å². The van der Waals surface area contributed by atoms with E-state index in [9.17, 15) is 9.59 Å². The maximum Gasteiger partial charge on any atom is 0.268 e. The van der Waals surface area contributed by atoms with Gasteiger partial charge in [-0.2, -0.15) is 0 Å². The number of carbonyl (C=O) groups is 2. The van der Waals surface area contributed by atoms with Crippen LogP contribution in [-0.2, 0) is 16.1 Å². The lowest BCUT2D eigenvalue weighted by atomic mass is 10.2. The van der Waals surface area contributed by atoms with Gasteiger partial charge in [-0.25, -0.2) is 0 Å². The Morgan fingerprint density at radius 3 is 2.58 bits per heavy atom. The van der Waals surface area contributed by atoms with Gasteiger partial charge in [0, 0.05) is 10.4 Å². The van der Waals surface area contributed by atoms with Crippen LogP contribution in [0.3, 0.4) is 0 Å². The van der Waals surface area contributed by atoms with Gasteiger partial charge in [-0.3, -0.25) is 14.5 Å². The lowest BCUT2D eigenvalue weighted by Crippen LogP contribution is -2.31. The SMILES string of the molecule is CCSC1=C(c2cccs2)C(=O)N(Cc2ccccc2OC)C1=O. The predicted octanol–water partition coefficient (Wildman–Crippen LogP) is 3.79. The van der Waals surface area contributed by atoms with Gasteiger partial charge in [0.1, 0.15) is 5.75 Å². The van der Waals surface area contributed by atoms with Crippen LogP contribution in [0, 0.1) is 0 Å². The molecule has 0 atom stereocenters. The average Bonchev–Trinajstić information content (AvgIpc) is 3.19. The number of benzene rings is 1. The van der Waals surface area contributed by atoms with Crippen LogP contribution in [0.2, 0.25) is 0 Å². The van der Waals surface area contributed by atoms with Crippen LogP contribution < -0.4 is 4.74 Å². The smallest absolute Gasteiger partial charge is 0.268 e. The second-order valence-electron chi connectivity index (χ2n) is 5.12. The number of amides is 2. The van der Waals surface area contributed by atoms with Crippen LogP contribution in [0.4, 0.5) is 0 Å². The number of hydrogen-bond acceptors (Lipinski definition) is 5. The fourth-order valence-electron chi connectivity index (χ4n) is 2.62. The molecule has 124 valence electrons. The van der Waals surface area contributed by atoms with Crippen molar-refractivity contribution in [3.8, 4) is 5.75 Å². The van der Waals surface area contributed by atoms with Crippen LogP contribution in [0.15, 0.2) is 46.7 Å². The third-order valence-electron chi connectivity index (χ3n) is 3.70. The van der Waals surface area contributed by atoms with E-state index in [0.717, 1.165) is 16.2 Å². The monoisotopic (exact) mass is 359 g/mol. The first-order valence-corrected chi connectivity index (χ1v) is 9.43. The first-order chi connectivity index (χ1) is 11.7. The van der Waals surface area contributed by atoms with Crippen LogP contribution >= 0.6 is 23.1 Å². The number of imide groups is 1. The maximum atomic E-state index is 12.9. The molecule has 1 aliphatic heterocycles. The molecule has 0 radical (unpaired) electrons. The Labute approximate surface area is 149 Å². The maximum absolute atomic E-state index is 12.9.